The molecule has 1 fully saturated rings. The Kier molecular flexibility index (Phi) is 5.21. The summed E-state index contributed by atoms with van der Waals surface area (Å²) in [7, 11) is 0. The molecule has 0 radical (unpaired) electrons. The van der Waals surface area contributed by atoms with Crippen LogP contribution in [0.15, 0.2) is 53.5 Å². The zero-order valence-corrected chi connectivity index (χ0v) is 14.5. The number of carbonyl (C=O) groups is 2. The van der Waals surface area contributed by atoms with Crippen LogP contribution in [-0.4, -0.2) is 21.6 Å². The van der Waals surface area contributed by atoms with Crippen LogP contribution in [0.4, 0.5) is 0 Å². The van der Waals surface area contributed by atoms with Crippen molar-refractivity contribution in [2.45, 2.75) is 38.8 Å². The summed E-state index contributed by atoms with van der Waals surface area (Å²) in [6.07, 6.45) is 3.80. The first-order chi connectivity index (χ1) is 12.5. The highest BCUT2D eigenvalue weighted by atomic mass is 16.4. The maximum Gasteiger partial charge on any atom is 0.310 e. The zero-order chi connectivity index (χ0) is 18.6. The molecule has 1 aliphatic rings. The first-order valence-electron chi connectivity index (χ1n) is 8.72. The number of carboxylic acids is 1. The Morgan fingerprint density at radius 2 is 1.77 bits per heavy atom. The molecule has 1 amide bonds. The Morgan fingerprint density at radius 3 is 2.35 bits per heavy atom. The van der Waals surface area contributed by atoms with Crippen LogP contribution >= 0.6 is 0 Å². The Labute approximate surface area is 151 Å². The molecule has 0 spiro atoms. The fourth-order valence-corrected chi connectivity index (χ4v) is 3.19. The number of pyridine rings is 1. The first-order valence-corrected chi connectivity index (χ1v) is 8.72. The van der Waals surface area contributed by atoms with Crippen LogP contribution in [0.25, 0.3) is 0 Å². The van der Waals surface area contributed by atoms with E-state index in [0.29, 0.717) is 25.9 Å². The molecule has 0 bridgehead atoms. The summed E-state index contributed by atoms with van der Waals surface area (Å²) < 4.78 is 1.63. The molecule has 1 aliphatic carbocycles. The van der Waals surface area contributed by atoms with E-state index in [1.807, 2.05) is 30.3 Å². The summed E-state index contributed by atoms with van der Waals surface area (Å²) in [5, 5.41) is 12.1. The third-order valence-corrected chi connectivity index (χ3v) is 5.03. The number of benzene rings is 1. The molecular formula is C20H22N2O4. The van der Waals surface area contributed by atoms with Crippen molar-refractivity contribution >= 4 is 11.9 Å². The molecule has 0 aliphatic heterocycles. The van der Waals surface area contributed by atoms with Gasteiger partial charge in [0.15, 0.2) is 0 Å². The van der Waals surface area contributed by atoms with Gasteiger partial charge >= 0.3 is 5.97 Å². The number of nitrogens with zero attached hydrogens (tertiary/aromatic N) is 1. The van der Waals surface area contributed by atoms with Crippen LogP contribution in [0, 0.1) is 5.41 Å². The molecule has 2 N–H and O–H groups in total. The van der Waals surface area contributed by atoms with Gasteiger partial charge in [-0.25, -0.2) is 0 Å². The van der Waals surface area contributed by atoms with E-state index in [-0.39, 0.29) is 17.9 Å². The molecule has 136 valence electrons. The third-order valence-electron chi connectivity index (χ3n) is 5.03. The SMILES string of the molecule is O=C(CC1(C(=O)O)CCC1)NCc1ccc(Cn2ccccc2=O)cc1. The van der Waals surface area contributed by atoms with Crippen molar-refractivity contribution in [1.82, 2.24) is 9.88 Å². The largest absolute Gasteiger partial charge is 0.481 e. The van der Waals surface area contributed by atoms with Crippen molar-refractivity contribution in [2.75, 3.05) is 0 Å². The van der Waals surface area contributed by atoms with Gasteiger partial charge in [0.25, 0.3) is 5.56 Å². The highest BCUT2D eigenvalue weighted by molar-refractivity contribution is 5.85. The van der Waals surface area contributed by atoms with Gasteiger partial charge in [-0.15, -0.1) is 0 Å². The number of amides is 1. The summed E-state index contributed by atoms with van der Waals surface area (Å²) in [6, 6.07) is 12.7. The van der Waals surface area contributed by atoms with Gasteiger partial charge < -0.3 is 15.0 Å². The van der Waals surface area contributed by atoms with Gasteiger partial charge in [-0.1, -0.05) is 36.8 Å². The van der Waals surface area contributed by atoms with Crippen LogP contribution in [0.3, 0.4) is 0 Å². The van der Waals surface area contributed by atoms with Gasteiger partial charge in [-0.2, -0.15) is 0 Å². The Hall–Kier alpha value is -2.89. The van der Waals surface area contributed by atoms with Gasteiger partial charge in [-0.3, -0.25) is 14.4 Å². The van der Waals surface area contributed by atoms with Gasteiger partial charge in [0.05, 0.1) is 12.0 Å². The number of aromatic nitrogens is 1. The lowest BCUT2D eigenvalue weighted by Gasteiger charge is -2.36. The van der Waals surface area contributed by atoms with E-state index < -0.39 is 11.4 Å². The highest BCUT2D eigenvalue weighted by Gasteiger charge is 2.45. The van der Waals surface area contributed by atoms with Gasteiger partial charge in [0, 0.05) is 25.2 Å². The molecule has 26 heavy (non-hydrogen) atoms. The fourth-order valence-electron chi connectivity index (χ4n) is 3.19. The monoisotopic (exact) mass is 354 g/mol. The predicted octanol–water partition coefficient (Wildman–Crippen LogP) is 2.16. The van der Waals surface area contributed by atoms with Crippen LogP contribution in [0.2, 0.25) is 0 Å². The van der Waals surface area contributed by atoms with Crippen molar-refractivity contribution in [3.8, 4) is 0 Å². The van der Waals surface area contributed by atoms with Gasteiger partial charge in [0.2, 0.25) is 5.91 Å². The lowest BCUT2D eigenvalue weighted by atomic mass is 9.66. The van der Waals surface area contributed by atoms with Crippen molar-refractivity contribution in [3.05, 3.63) is 70.1 Å². The molecule has 0 atom stereocenters. The Bertz CT molecular complexity index is 851. The number of carboxylic acid groups (broad SMARTS) is 1. The van der Waals surface area contributed by atoms with Gasteiger partial charge in [0.1, 0.15) is 0 Å². The first kappa shape index (κ1) is 17.9. The summed E-state index contributed by atoms with van der Waals surface area (Å²) >= 11 is 0. The number of rotatable bonds is 7. The number of hydrogen-bond donors (Lipinski definition) is 2. The number of hydrogen-bond acceptors (Lipinski definition) is 3. The zero-order valence-electron chi connectivity index (χ0n) is 14.5. The minimum Gasteiger partial charge on any atom is -0.481 e. The van der Waals surface area contributed by atoms with Crippen molar-refractivity contribution < 1.29 is 14.7 Å². The highest BCUT2D eigenvalue weighted by Crippen LogP contribution is 2.44. The molecule has 1 aromatic heterocycles. The molecular weight excluding hydrogens is 332 g/mol. The van der Waals surface area contributed by atoms with E-state index in [2.05, 4.69) is 5.32 Å². The van der Waals surface area contributed by atoms with Crippen LogP contribution in [-0.2, 0) is 22.7 Å². The summed E-state index contributed by atoms with van der Waals surface area (Å²) in [4.78, 5) is 35.1. The van der Waals surface area contributed by atoms with Crippen molar-refractivity contribution in [2.24, 2.45) is 5.41 Å². The smallest absolute Gasteiger partial charge is 0.310 e. The molecule has 2 aromatic rings. The second-order valence-electron chi connectivity index (χ2n) is 6.88. The molecule has 0 saturated heterocycles. The quantitative estimate of drug-likeness (QED) is 0.797. The number of aliphatic carboxylic acids is 1. The molecule has 1 heterocycles. The van der Waals surface area contributed by atoms with Crippen LogP contribution in [0.1, 0.15) is 36.8 Å². The minimum absolute atomic E-state index is 0.0390. The van der Waals surface area contributed by atoms with Crippen molar-refractivity contribution in [1.29, 1.82) is 0 Å². The molecule has 1 aromatic carbocycles. The lowest BCUT2D eigenvalue weighted by Crippen LogP contribution is -2.42. The second kappa shape index (κ2) is 7.56. The fraction of sp³-hybridized carbons (Fsp3) is 0.350. The summed E-state index contributed by atoms with van der Waals surface area (Å²) in [5.41, 5.74) is 1.01. The van der Waals surface area contributed by atoms with E-state index in [4.69, 9.17) is 0 Å². The van der Waals surface area contributed by atoms with E-state index in [1.165, 1.54) is 6.07 Å². The molecule has 6 nitrogen and oxygen atoms in total. The average molecular weight is 354 g/mol. The normalized spacial score (nSPS) is 15.1. The summed E-state index contributed by atoms with van der Waals surface area (Å²) in [6.45, 7) is 0.855. The third kappa shape index (κ3) is 4.02. The van der Waals surface area contributed by atoms with E-state index >= 15 is 0 Å². The van der Waals surface area contributed by atoms with Gasteiger partial charge in [-0.05, 0) is 30.0 Å². The van der Waals surface area contributed by atoms with E-state index in [0.717, 1.165) is 17.5 Å². The lowest BCUT2D eigenvalue weighted by molar-refractivity contribution is -0.157. The number of nitrogens with one attached hydrogen (secondary N) is 1. The second-order valence-corrected chi connectivity index (χ2v) is 6.88. The van der Waals surface area contributed by atoms with Crippen LogP contribution < -0.4 is 10.9 Å². The number of carbonyl (C=O) groups excluding carboxylic acids is 1. The molecule has 1 saturated carbocycles. The minimum atomic E-state index is -0.876. The molecule has 0 unspecified atom stereocenters. The maximum atomic E-state index is 12.1. The predicted molar refractivity (Wildman–Crippen MR) is 96.6 cm³/mol. The van der Waals surface area contributed by atoms with E-state index in [9.17, 15) is 19.5 Å². The average Bonchev–Trinajstić information content (AvgIpc) is 2.59. The standard InChI is InChI=1S/C20H22N2O4/c23-17(12-20(19(25)26)9-3-10-20)21-13-15-5-7-16(8-6-15)14-22-11-2-1-4-18(22)24/h1-2,4-8,11H,3,9-10,12-14H2,(H,21,23)(H,25,26). The Morgan fingerprint density at radius 1 is 1.08 bits per heavy atom. The maximum absolute atomic E-state index is 12.1. The van der Waals surface area contributed by atoms with Crippen molar-refractivity contribution in [3.63, 3.8) is 0 Å². The molecule has 6 heteroatoms. The summed E-state index contributed by atoms with van der Waals surface area (Å²) in [5.74, 6) is -1.11. The Balaban J connectivity index is 1.53. The topological polar surface area (TPSA) is 88.4 Å². The van der Waals surface area contributed by atoms with E-state index in [1.54, 1.807) is 16.8 Å². The molecule has 3 rings (SSSR count). The van der Waals surface area contributed by atoms with Crippen LogP contribution in [0.5, 0.6) is 0 Å².